The molecule has 3 N–H and O–H groups in total. The molecule has 2 rings (SSSR count). The van der Waals surface area contributed by atoms with Crippen molar-refractivity contribution in [3.63, 3.8) is 0 Å². The van der Waals surface area contributed by atoms with Crippen molar-refractivity contribution >= 4 is 13.5 Å². The third-order valence-corrected chi connectivity index (χ3v) is 5.10. The van der Waals surface area contributed by atoms with E-state index in [9.17, 15) is 24.5 Å². The third kappa shape index (κ3) is 4.84. The Kier molecular flexibility index (Phi) is 6.31. The van der Waals surface area contributed by atoms with Gasteiger partial charge in [-0.25, -0.2) is 4.57 Å². The van der Waals surface area contributed by atoms with Gasteiger partial charge in [-0.15, -0.1) is 0 Å². The standard InChI is InChI=1S/C15H23N2O7P/c1-3-15(4-2)10-16-12(9-23-15)14(24-25(20,21)22)11-7-5-6-8-13(11)17(18)19/h5-8,12,14,16H,3-4,9-10H2,1-2H3,(H2,20,21,22). The zero-order valence-corrected chi connectivity index (χ0v) is 15.0. The lowest BCUT2D eigenvalue weighted by molar-refractivity contribution is -0.386. The van der Waals surface area contributed by atoms with Gasteiger partial charge in [0.25, 0.3) is 5.69 Å². The summed E-state index contributed by atoms with van der Waals surface area (Å²) >= 11 is 0. The molecule has 0 aliphatic carbocycles. The number of hydrogen-bond donors (Lipinski definition) is 3. The predicted molar refractivity (Wildman–Crippen MR) is 90.0 cm³/mol. The maximum Gasteiger partial charge on any atom is 0.470 e. The Morgan fingerprint density at radius 2 is 2.08 bits per heavy atom. The van der Waals surface area contributed by atoms with Crippen LogP contribution < -0.4 is 5.32 Å². The summed E-state index contributed by atoms with van der Waals surface area (Å²) in [5.74, 6) is 0. The number of nitro groups is 1. The fraction of sp³-hybridized carbons (Fsp3) is 0.600. The number of ether oxygens (including phenoxy) is 1. The van der Waals surface area contributed by atoms with Crippen LogP contribution in [0.5, 0.6) is 0 Å². The molecule has 1 aliphatic rings. The topological polar surface area (TPSA) is 131 Å². The van der Waals surface area contributed by atoms with Gasteiger partial charge in [0.2, 0.25) is 0 Å². The number of phosphoric ester groups is 1. The molecule has 1 heterocycles. The fourth-order valence-electron chi connectivity index (χ4n) is 2.98. The van der Waals surface area contributed by atoms with Gasteiger partial charge in [0, 0.05) is 12.6 Å². The van der Waals surface area contributed by atoms with Gasteiger partial charge in [-0.2, -0.15) is 0 Å². The average molecular weight is 374 g/mol. The highest BCUT2D eigenvalue weighted by atomic mass is 31.2. The molecule has 0 bridgehead atoms. The first-order valence-corrected chi connectivity index (χ1v) is 9.59. The molecule has 1 aliphatic heterocycles. The van der Waals surface area contributed by atoms with Crippen LogP contribution in [0.2, 0.25) is 0 Å². The molecule has 1 aromatic carbocycles. The molecule has 0 amide bonds. The normalized spacial score (nSPS) is 21.7. The first-order chi connectivity index (χ1) is 11.7. The number of benzene rings is 1. The van der Waals surface area contributed by atoms with Gasteiger partial charge in [0.05, 0.1) is 28.7 Å². The van der Waals surface area contributed by atoms with Gasteiger partial charge in [-0.05, 0) is 18.9 Å². The smallest absolute Gasteiger partial charge is 0.372 e. The minimum Gasteiger partial charge on any atom is -0.372 e. The summed E-state index contributed by atoms with van der Waals surface area (Å²) < 4.78 is 22.3. The lowest BCUT2D eigenvalue weighted by Gasteiger charge is -2.42. The molecule has 25 heavy (non-hydrogen) atoms. The molecule has 1 saturated heterocycles. The van der Waals surface area contributed by atoms with Gasteiger partial charge in [0.1, 0.15) is 6.10 Å². The van der Waals surface area contributed by atoms with Crippen molar-refractivity contribution in [2.75, 3.05) is 13.2 Å². The van der Waals surface area contributed by atoms with Gasteiger partial charge < -0.3 is 19.8 Å². The zero-order valence-electron chi connectivity index (χ0n) is 14.1. The molecule has 2 unspecified atom stereocenters. The maximum atomic E-state index is 11.4. The first kappa shape index (κ1) is 20.0. The van der Waals surface area contributed by atoms with Crippen molar-refractivity contribution < 1.29 is 28.5 Å². The number of hydrogen-bond acceptors (Lipinski definition) is 6. The van der Waals surface area contributed by atoms with Crippen LogP contribution in [0.1, 0.15) is 38.4 Å². The van der Waals surface area contributed by atoms with E-state index in [4.69, 9.17) is 9.26 Å². The fourth-order valence-corrected chi connectivity index (χ4v) is 3.54. The van der Waals surface area contributed by atoms with Crippen LogP contribution in [-0.2, 0) is 13.8 Å². The van der Waals surface area contributed by atoms with Crippen LogP contribution in [0.15, 0.2) is 24.3 Å². The largest absolute Gasteiger partial charge is 0.470 e. The minimum absolute atomic E-state index is 0.0948. The number of rotatable bonds is 7. The zero-order chi connectivity index (χ0) is 18.7. The van der Waals surface area contributed by atoms with Crippen molar-refractivity contribution in [3.05, 3.63) is 39.9 Å². The maximum absolute atomic E-state index is 11.4. The van der Waals surface area contributed by atoms with Gasteiger partial charge >= 0.3 is 7.82 Å². The Labute approximate surface area is 145 Å². The van der Waals surface area contributed by atoms with Crippen LogP contribution in [0.25, 0.3) is 0 Å². The second-order valence-electron chi connectivity index (χ2n) is 6.02. The van der Waals surface area contributed by atoms with E-state index in [2.05, 4.69) is 5.32 Å². The van der Waals surface area contributed by atoms with E-state index >= 15 is 0 Å². The highest BCUT2D eigenvalue weighted by Crippen LogP contribution is 2.46. The summed E-state index contributed by atoms with van der Waals surface area (Å²) in [6.45, 7) is 4.58. The quantitative estimate of drug-likeness (QED) is 0.376. The molecular formula is C15H23N2O7P. The van der Waals surface area contributed by atoms with E-state index in [1.807, 2.05) is 13.8 Å². The van der Waals surface area contributed by atoms with Crippen molar-refractivity contribution in [1.29, 1.82) is 0 Å². The Hall–Kier alpha value is -1.35. The molecule has 10 heteroatoms. The Morgan fingerprint density at radius 1 is 1.44 bits per heavy atom. The van der Waals surface area contributed by atoms with Gasteiger partial charge in [-0.1, -0.05) is 26.0 Å². The van der Waals surface area contributed by atoms with Crippen molar-refractivity contribution in [2.24, 2.45) is 0 Å². The van der Waals surface area contributed by atoms with Crippen LogP contribution in [0.4, 0.5) is 5.69 Å². The molecule has 1 fully saturated rings. The van der Waals surface area contributed by atoms with E-state index < -0.39 is 24.9 Å². The Morgan fingerprint density at radius 3 is 2.56 bits per heavy atom. The van der Waals surface area contributed by atoms with E-state index in [-0.39, 0.29) is 23.5 Å². The van der Waals surface area contributed by atoms with Crippen molar-refractivity contribution in [2.45, 2.75) is 44.4 Å². The second kappa shape index (κ2) is 7.90. The number of para-hydroxylation sites is 1. The molecule has 2 atom stereocenters. The Bertz CT molecular complexity index is 649. The molecule has 140 valence electrons. The summed E-state index contributed by atoms with van der Waals surface area (Å²) in [6, 6.07) is 5.13. The minimum atomic E-state index is -4.87. The lowest BCUT2D eigenvalue weighted by Crippen LogP contribution is -2.56. The molecule has 0 saturated carbocycles. The molecule has 1 aromatic rings. The predicted octanol–water partition coefficient (Wildman–Crippen LogP) is 2.29. The van der Waals surface area contributed by atoms with E-state index in [0.29, 0.717) is 6.54 Å². The van der Waals surface area contributed by atoms with Crippen LogP contribution in [0, 0.1) is 10.1 Å². The summed E-state index contributed by atoms with van der Waals surface area (Å²) in [6.07, 6.45) is 0.339. The Balaban J connectivity index is 2.33. The highest BCUT2D eigenvalue weighted by molar-refractivity contribution is 7.46. The van der Waals surface area contributed by atoms with Crippen LogP contribution in [-0.4, -0.2) is 39.5 Å². The van der Waals surface area contributed by atoms with Crippen molar-refractivity contribution in [3.8, 4) is 0 Å². The van der Waals surface area contributed by atoms with Gasteiger partial charge in [-0.3, -0.25) is 14.6 Å². The number of nitro benzene ring substituents is 1. The first-order valence-electron chi connectivity index (χ1n) is 8.06. The SMILES string of the molecule is CCC1(CC)CNC(C(OP(=O)(O)O)c2ccccc2[N+](=O)[O-])CO1. The number of phosphoric acid groups is 1. The average Bonchev–Trinajstić information content (AvgIpc) is 2.59. The van der Waals surface area contributed by atoms with Gasteiger partial charge in [0.15, 0.2) is 0 Å². The van der Waals surface area contributed by atoms with Crippen LogP contribution >= 0.6 is 7.82 Å². The summed E-state index contributed by atoms with van der Waals surface area (Å²) in [5, 5.41) is 14.5. The summed E-state index contributed by atoms with van der Waals surface area (Å²) in [7, 11) is -4.87. The second-order valence-corrected chi connectivity index (χ2v) is 7.21. The molecule has 0 aromatic heterocycles. The number of nitrogens with one attached hydrogen (secondary N) is 1. The van der Waals surface area contributed by atoms with E-state index in [1.165, 1.54) is 18.2 Å². The van der Waals surface area contributed by atoms with E-state index in [0.717, 1.165) is 12.8 Å². The molecule has 0 spiro atoms. The molecule has 9 nitrogen and oxygen atoms in total. The van der Waals surface area contributed by atoms with Crippen LogP contribution in [0.3, 0.4) is 0 Å². The summed E-state index contributed by atoms with van der Waals surface area (Å²) in [5.41, 5.74) is -0.519. The third-order valence-electron chi connectivity index (χ3n) is 4.60. The summed E-state index contributed by atoms with van der Waals surface area (Å²) in [4.78, 5) is 29.2. The number of nitrogens with zero attached hydrogens (tertiary/aromatic N) is 1. The lowest BCUT2D eigenvalue weighted by atomic mass is 9.92. The number of morpholine rings is 1. The highest BCUT2D eigenvalue weighted by Gasteiger charge is 2.40. The van der Waals surface area contributed by atoms with Crippen molar-refractivity contribution in [1.82, 2.24) is 5.32 Å². The molecular weight excluding hydrogens is 351 g/mol. The van der Waals surface area contributed by atoms with E-state index in [1.54, 1.807) is 6.07 Å². The molecule has 0 radical (unpaired) electrons. The monoisotopic (exact) mass is 374 g/mol.